The van der Waals surface area contributed by atoms with Gasteiger partial charge in [-0.2, -0.15) is 0 Å². The van der Waals surface area contributed by atoms with E-state index in [4.69, 9.17) is 18.9 Å². The minimum absolute atomic E-state index is 0.0862. The second kappa shape index (κ2) is 7.99. The zero-order valence-electron chi connectivity index (χ0n) is 12.2. The third-order valence-corrected chi connectivity index (χ3v) is 2.95. The number of rotatable bonds is 8. The second-order valence-corrected chi connectivity index (χ2v) is 4.20. The minimum Gasteiger partial charge on any atom is -0.493 e. The van der Waals surface area contributed by atoms with E-state index < -0.39 is 0 Å². The van der Waals surface area contributed by atoms with Crippen LogP contribution in [0.2, 0.25) is 0 Å². The van der Waals surface area contributed by atoms with Crippen LogP contribution in [0.1, 0.15) is 12.5 Å². The molecule has 5 nitrogen and oxygen atoms in total. The lowest BCUT2D eigenvalue weighted by molar-refractivity contribution is -0.119. The van der Waals surface area contributed by atoms with Gasteiger partial charge in [0.05, 0.1) is 20.3 Å². The number of methoxy groups -OCH3 is 4. The van der Waals surface area contributed by atoms with Gasteiger partial charge in [0.25, 0.3) is 0 Å². The Morgan fingerprint density at radius 2 is 1.63 bits per heavy atom. The molecule has 1 N–H and O–H groups in total. The highest BCUT2D eigenvalue weighted by Crippen LogP contribution is 2.27. The minimum atomic E-state index is -0.264. The highest BCUT2D eigenvalue weighted by Gasteiger charge is 2.15. The fourth-order valence-electron chi connectivity index (χ4n) is 1.87. The van der Waals surface area contributed by atoms with Gasteiger partial charge < -0.3 is 24.3 Å². The van der Waals surface area contributed by atoms with Crippen LogP contribution in [0, 0.1) is 0 Å². The van der Waals surface area contributed by atoms with Gasteiger partial charge in [0.15, 0.2) is 17.8 Å². The molecule has 0 aliphatic rings. The van der Waals surface area contributed by atoms with Gasteiger partial charge in [-0.05, 0) is 24.6 Å². The number of ether oxygens (including phenoxy) is 4. The maximum Gasteiger partial charge on any atom is 0.171 e. The SMILES string of the molecule is COc1ccc(CN[C@H](C)C(OC)OC)cc1OC. The third kappa shape index (κ3) is 4.38. The van der Waals surface area contributed by atoms with E-state index in [2.05, 4.69) is 5.32 Å². The summed E-state index contributed by atoms with van der Waals surface area (Å²) in [5.74, 6) is 1.45. The Bertz CT molecular complexity index is 380. The van der Waals surface area contributed by atoms with Crippen molar-refractivity contribution >= 4 is 0 Å². The van der Waals surface area contributed by atoms with Crippen LogP contribution in [-0.4, -0.2) is 40.8 Å². The molecule has 1 rings (SSSR count). The van der Waals surface area contributed by atoms with Gasteiger partial charge >= 0.3 is 0 Å². The predicted molar refractivity (Wildman–Crippen MR) is 73.7 cm³/mol. The van der Waals surface area contributed by atoms with Crippen LogP contribution < -0.4 is 14.8 Å². The number of hydrogen-bond donors (Lipinski definition) is 1. The molecule has 0 bridgehead atoms. The van der Waals surface area contributed by atoms with Crippen molar-refractivity contribution in [3.63, 3.8) is 0 Å². The molecule has 5 heteroatoms. The lowest BCUT2D eigenvalue weighted by atomic mass is 10.2. The van der Waals surface area contributed by atoms with E-state index in [9.17, 15) is 0 Å². The molecule has 0 aromatic heterocycles. The zero-order chi connectivity index (χ0) is 14.3. The van der Waals surface area contributed by atoms with E-state index in [0.717, 1.165) is 17.1 Å². The molecule has 0 aliphatic heterocycles. The molecule has 0 spiro atoms. The molecule has 1 aromatic carbocycles. The molecule has 0 amide bonds. The van der Waals surface area contributed by atoms with Crippen molar-refractivity contribution in [1.29, 1.82) is 0 Å². The molecule has 0 fully saturated rings. The highest BCUT2D eigenvalue weighted by atomic mass is 16.7. The first-order valence-corrected chi connectivity index (χ1v) is 6.16. The van der Waals surface area contributed by atoms with Crippen molar-refractivity contribution < 1.29 is 18.9 Å². The van der Waals surface area contributed by atoms with Crippen LogP contribution in [-0.2, 0) is 16.0 Å². The van der Waals surface area contributed by atoms with Gasteiger partial charge in [-0.25, -0.2) is 0 Å². The van der Waals surface area contributed by atoms with Crippen molar-refractivity contribution in [2.75, 3.05) is 28.4 Å². The van der Waals surface area contributed by atoms with Crippen molar-refractivity contribution in [2.45, 2.75) is 25.8 Å². The Hall–Kier alpha value is -1.30. The Labute approximate surface area is 114 Å². The molecule has 0 aliphatic carbocycles. The summed E-state index contributed by atoms with van der Waals surface area (Å²) in [6.45, 7) is 2.71. The largest absolute Gasteiger partial charge is 0.493 e. The fraction of sp³-hybridized carbons (Fsp3) is 0.571. The summed E-state index contributed by atoms with van der Waals surface area (Å²) >= 11 is 0. The standard InChI is InChI=1S/C14H23NO4/c1-10(14(18-4)19-5)15-9-11-6-7-12(16-2)13(8-11)17-3/h6-8,10,14-15H,9H2,1-5H3/t10-/m1/s1. The first-order chi connectivity index (χ1) is 9.15. The van der Waals surface area contributed by atoms with E-state index in [1.807, 2.05) is 25.1 Å². The Morgan fingerprint density at radius 3 is 2.16 bits per heavy atom. The molecule has 19 heavy (non-hydrogen) atoms. The first-order valence-electron chi connectivity index (χ1n) is 6.16. The molecule has 0 saturated carbocycles. The molecule has 108 valence electrons. The molecule has 1 aromatic rings. The van der Waals surface area contributed by atoms with Gasteiger partial charge in [0.2, 0.25) is 0 Å². The van der Waals surface area contributed by atoms with Gasteiger partial charge in [-0.1, -0.05) is 6.07 Å². The maximum absolute atomic E-state index is 5.27. The summed E-state index contributed by atoms with van der Waals surface area (Å²) in [7, 11) is 6.51. The van der Waals surface area contributed by atoms with Crippen LogP contribution >= 0.6 is 0 Å². The normalized spacial score (nSPS) is 12.5. The van der Waals surface area contributed by atoms with Crippen molar-refractivity contribution in [3.8, 4) is 11.5 Å². The van der Waals surface area contributed by atoms with Gasteiger partial charge in [-0.15, -0.1) is 0 Å². The second-order valence-electron chi connectivity index (χ2n) is 4.20. The van der Waals surface area contributed by atoms with Crippen LogP contribution in [0.3, 0.4) is 0 Å². The Balaban J connectivity index is 2.62. The Morgan fingerprint density at radius 1 is 1.00 bits per heavy atom. The van der Waals surface area contributed by atoms with Crippen LogP contribution in [0.15, 0.2) is 18.2 Å². The number of benzene rings is 1. The number of hydrogen-bond acceptors (Lipinski definition) is 5. The van der Waals surface area contributed by atoms with E-state index in [1.165, 1.54) is 0 Å². The summed E-state index contributed by atoms with van der Waals surface area (Å²) < 4.78 is 20.9. The molecule has 1 atom stereocenters. The molecule has 0 heterocycles. The zero-order valence-corrected chi connectivity index (χ0v) is 12.2. The van der Waals surface area contributed by atoms with Crippen molar-refractivity contribution in [2.24, 2.45) is 0 Å². The smallest absolute Gasteiger partial charge is 0.171 e. The van der Waals surface area contributed by atoms with E-state index in [0.29, 0.717) is 6.54 Å². The Kier molecular flexibility index (Phi) is 6.62. The van der Waals surface area contributed by atoms with Crippen LogP contribution in [0.4, 0.5) is 0 Å². The summed E-state index contributed by atoms with van der Waals surface area (Å²) in [6.07, 6.45) is -0.264. The molecular formula is C14H23NO4. The predicted octanol–water partition coefficient (Wildman–Crippen LogP) is 1.80. The van der Waals surface area contributed by atoms with Gasteiger partial charge in [-0.3, -0.25) is 0 Å². The summed E-state index contributed by atoms with van der Waals surface area (Å²) in [6, 6.07) is 5.93. The third-order valence-electron chi connectivity index (χ3n) is 2.95. The van der Waals surface area contributed by atoms with Crippen molar-refractivity contribution in [1.82, 2.24) is 5.32 Å². The van der Waals surface area contributed by atoms with E-state index in [-0.39, 0.29) is 12.3 Å². The summed E-state index contributed by atoms with van der Waals surface area (Å²) in [5.41, 5.74) is 1.11. The lowest BCUT2D eigenvalue weighted by Crippen LogP contribution is -2.39. The monoisotopic (exact) mass is 269 g/mol. The van der Waals surface area contributed by atoms with Crippen LogP contribution in [0.5, 0.6) is 11.5 Å². The summed E-state index contributed by atoms with van der Waals surface area (Å²) in [5, 5.41) is 3.34. The number of nitrogens with one attached hydrogen (secondary N) is 1. The van der Waals surface area contributed by atoms with E-state index >= 15 is 0 Å². The average Bonchev–Trinajstić information content (AvgIpc) is 2.45. The lowest BCUT2D eigenvalue weighted by Gasteiger charge is -2.22. The molecule has 0 radical (unpaired) electrons. The van der Waals surface area contributed by atoms with Gasteiger partial charge in [0, 0.05) is 20.8 Å². The topological polar surface area (TPSA) is 49.0 Å². The highest BCUT2D eigenvalue weighted by molar-refractivity contribution is 5.42. The average molecular weight is 269 g/mol. The summed E-state index contributed by atoms with van der Waals surface area (Å²) in [4.78, 5) is 0. The van der Waals surface area contributed by atoms with Crippen LogP contribution in [0.25, 0.3) is 0 Å². The van der Waals surface area contributed by atoms with E-state index in [1.54, 1.807) is 28.4 Å². The van der Waals surface area contributed by atoms with Gasteiger partial charge in [0.1, 0.15) is 0 Å². The maximum atomic E-state index is 5.27. The fourth-order valence-corrected chi connectivity index (χ4v) is 1.87. The van der Waals surface area contributed by atoms with Crippen molar-refractivity contribution in [3.05, 3.63) is 23.8 Å². The molecule has 0 unspecified atom stereocenters. The quantitative estimate of drug-likeness (QED) is 0.729. The molecular weight excluding hydrogens is 246 g/mol. The first kappa shape index (κ1) is 15.8. The molecule has 0 saturated heterocycles.